The van der Waals surface area contributed by atoms with E-state index in [0.29, 0.717) is 13.0 Å². The average Bonchev–Trinajstić information content (AvgIpc) is 2.63. The summed E-state index contributed by atoms with van der Waals surface area (Å²) >= 11 is 2.29. The van der Waals surface area contributed by atoms with Crippen molar-refractivity contribution in [3.8, 4) is 0 Å². The Balaban J connectivity index is 2.04. The van der Waals surface area contributed by atoms with Crippen LogP contribution < -0.4 is 0 Å². The zero-order valence-corrected chi connectivity index (χ0v) is 19.9. The largest absolute Gasteiger partial charge is 0.465 e. The summed E-state index contributed by atoms with van der Waals surface area (Å²) in [5, 5.41) is 0. The Morgan fingerprint density at radius 1 is 1.24 bits per heavy atom. The number of carbonyl (C=O) groups is 2. The number of esters is 1. The number of Topliss-reactive ketones (excluding diaryl/α,β-unsaturated/α-hetero) is 1. The molecule has 1 unspecified atom stereocenters. The Morgan fingerprint density at radius 2 is 1.97 bits per heavy atom. The Kier molecular flexibility index (Phi) is 6.97. The van der Waals surface area contributed by atoms with Gasteiger partial charge in [0.15, 0.2) is 5.78 Å². The number of benzene rings is 1. The SMILES string of the molecule is CCCCCOC(=O)C1C(C)=NC2=C(C(=O)CC(C)(C)C2)[C@@H]1c1ccccc1I. The van der Waals surface area contributed by atoms with Gasteiger partial charge in [0.1, 0.15) is 5.92 Å². The molecule has 1 aromatic carbocycles. The summed E-state index contributed by atoms with van der Waals surface area (Å²) in [6.07, 6.45) is 4.21. The Bertz CT molecular complexity index is 869. The molecule has 5 heteroatoms. The van der Waals surface area contributed by atoms with Gasteiger partial charge in [0.25, 0.3) is 0 Å². The van der Waals surface area contributed by atoms with E-state index in [1.807, 2.05) is 31.2 Å². The number of ketones is 1. The van der Waals surface area contributed by atoms with E-state index >= 15 is 0 Å². The predicted octanol–water partition coefficient (Wildman–Crippen LogP) is 5.84. The van der Waals surface area contributed by atoms with Gasteiger partial charge in [0, 0.05) is 32.9 Å². The van der Waals surface area contributed by atoms with E-state index in [2.05, 4.69) is 43.4 Å². The van der Waals surface area contributed by atoms with Crippen molar-refractivity contribution < 1.29 is 14.3 Å². The van der Waals surface area contributed by atoms with E-state index in [9.17, 15) is 9.59 Å². The maximum Gasteiger partial charge on any atom is 0.315 e. The number of unbranched alkanes of at least 4 members (excludes halogenated alkanes) is 2. The van der Waals surface area contributed by atoms with Gasteiger partial charge in [-0.1, -0.05) is 51.8 Å². The van der Waals surface area contributed by atoms with Crippen molar-refractivity contribution in [2.75, 3.05) is 6.61 Å². The minimum absolute atomic E-state index is 0.110. The van der Waals surface area contributed by atoms with Gasteiger partial charge in [-0.05, 0) is 59.4 Å². The smallest absolute Gasteiger partial charge is 0.315 e. The highest BCUT2D eigenvalue weighted by atomic mass is 127. The third-order valence-corrected chi connectivity index (χ3v) is 6.77. The fourth-order valence-electron chi connectivity index (χ4n) is 4.43. The molecule has 156 valence electrons. The number of rotatable bonds is 6. The number of aliphatic imine (C=N–C) groups is 1. The van der Waals surface area contributed by atoms with Crippen LogP contribution in [0.25, 0.3) is 0 Å². The van der Waals surface area contributed by atoms with Crippen LogP contribution in [0.4, 0.5) is 0 Å². The molecule has 2 atom stereocenters. The van der Waals surface area contributed by atoms with Gasteiger partial charge in [-0.2, -0.15) is 0 Å². The normalized spacial score (nSPS) is 23.5. The second-order valence-electron chi connectivity index (χ2n) is 8.91. The summed E-state index contributed by atoms with van der Waals surface area (Å²) in [7, 11) is 0. The van der Waals surface area contributed by atoms with E-state index in [-0.39, 0.29) is 23.1 Å². The van der Waals surface area contributed by atoms with E-state index in [0.717, 1.165) is 51.8 Å². The zero-order chi connectivity index (χ0) is 21.2. The minimum atomic E-state index is -0.545. The highest BCUT2D eigenvalue weighted by Gasteiger charge is 2.46. The summed E-state index contributed by atoms with van der Waals surface area (Å²) in [6.45, 7) is 8.65. The summed E-state index contributed by atoms with van der Waals surface area (Å²) in [5.41, 5.74) is 3.22. The molecule has 0 saturated heterocycles. The first-order valence-electron chi connectivity index (χ1n) is 10.5. The van der Waals surface area contributed by atoms with Gasteiger partial charge >= 0.3 is 5.97 Å². The van der Waals surface area contributed by atoms with Crippen molar-refractivity contribution in [2.45, 2.75) is 65.7 Å². The third kappa shape index (κ3) is 4.81. The van der Waals surface area contributed by atoms with Gasteiger partial charge in [-0.3, -0.25) is 14.6 Å². The lowest BCUT2D eigenvalue weighted by Crippen LogP contribution is -2.39. The highest BCUT2D eigenvalue weighted by molar-refractivity contribution is 14.1. The molecule has 1 aliphatic carbocycles. The zero-order valence-electron chi connectivity index (χ0n) is 17.8. The number of hydrogen-bond acceptors (Lipinski definition) is 4. The summed E-state index contributed by atoms with van der Waals surface area (Å²) in [5.74, 6) is -1.02. The fourth-order valence-corrected chi connectivity index (χ4v) is 5.15. The molecule has 1 heterocycles. The van der Waals surface area contributed by atoms with Crippen LogP contribution in [0.2, 0.25) is 0 Å². The molecule has 0 bridgehead atoms. The first-order valence-corrected chi connectivity index (χ1v) is 11.6. The van der Waals surface area contributed by atoms with Crippen molar-refractivity contribution in [2.24, 2.45) is 16.3 Å². The third-order valence-electron chi connectivity index (χ3n) is 5.79. The van der Waals surface area contributed by atoms with E-state index in [1.165, 1.54) is 0 Å². The van der Waals surface area contributed by atoms with Crippen LogP contribution in [0, 0.1) is 14.9 Å². The predicted molar refractivity (Wildman–Crippen MR) is 124 cm³/mol. The average molecular weight is 507 g/mol. The standard InChI is InChI=1S/C24H30INO3/c1-5-6-9-12-29-23(28)20-15(2)26-18-13-24(3,4)14-19(27)22(18)21(20)16-10-7-8-11-17(16)25/h7-8,10-11,20-21H,5-6,9,12-14H2,1-4H3/t20?,21-/m1/s1. The van der Waals surface area contributed by atoms with Crippen LogP contribution in [-0.4, -0.2) is 24.1 Å². The topological polar surface area (TPSA) is 55.7 Å². The van der Waals surface area contributed by atoms with Crippen LogP contribution in [-0.2, 0) is 14.3 Å². The van der Waals surface area contributed by atoms with Crippen LogP contribution >= 0.6 is 22.6 Å². The van der Waals surface area contributed by atoms with E-state index in [4.69, 9.17) is 9.73 Å². The number of hydrogen-bond donors (Lipinski definition) is 0. The summed E-state index contributed by atoms with van der Waals surface area (Å²) in [6, 6.07) is 8.01. The van der Waals surface area contributed by atoms with Crippen molar-refractivity contribution >= 4 is 40.1 Å². The maximum atomic E-state index is 13.2. The molecular formula is C24H30INO3. The van der Waals surface area contributed by atoms with E-state index < -0.39 is 5.92 Å². The molecule has 1 aromatic rings. The van der Waals surface area contributed by atoms with Gasteiger partial charge in [0.2, 0.25) is 0 Å². The molecule has 1 aliphatic heterocycles. The Hall–Kier alpha value is -1.50. The fraction of sp³-hybridized carbons (Fsp3) is 0.542. The van der Waals surface area contributed by atoms with Crippen molar-refractivity contribution in [3.63, 3.8) is 0 Å². The molecule has 0 amide bonds. The number of allylic oxidation sites excluding steroid dienone is 2. The molecule has 2 aliphatic rings. The maximum absolute atomic E-state index is 13.2. The molecule has 4 nitrogen and oxygen atoms in total. The van der Waals surface area contributed by atoms with Gasteiger partial charge in [0.05, 0.1) is 6.61 Å². The van der Waals surface area contributed by atoms with Crippen LogP contribution in [0.1, 0.15) is 71.3 Å². The lowest BCUT2D eigenvalue weighted by Gasteiger charge is -2.39. The molecule has 0 spiro atoms. The monoisotopic (exact) mass is 507 g/mol. The molecule has 0 saturated carbocycles. The van der Waals surface area contributed by atoms with Gasteiger partial charge in [-0.25, -0.2) is 0 Å². The lowest BCUT2D eigenvalue weighted by molar-refractivity contribution is -0.146. The lowest BCUT2D eigenvalue weighted by atomic mass is 9.67. The Labute approximate surface area is 187 Å². The first-order chi connectivity index (χ1) is 13.7. The molecular weight excluding hydrogens is 477 g/mol. The van der Waals surface area contributed by atoms with Crippen molar-refractivity contribution in [1.82, 2.24) is 0 Å². The van der Waals surface area contributed by atoms with Gasteiger partial charge in [-0.15, -0.1) is 0 Å². The van der Waals surface area contributed by atoms with Crippen LogP contribution in [0.5, 0.6) is 0 Å². The molecule has 0 aromatic heterocycles. The Morgan fingerprint density at radius 3 is 2.66 bits per heavy atom. The number of nitrogens with zero attached hydrogens (tertiary/aromatic N) is 1. The molecule has 0 fully saturated rings. The van der Waals surface area contributed by atoms with Gasteiger partial charge < -0.3 is 4.74 Å². The second-order valence-corrected chi connectivity index (χ2v) is 10.1. The number of ether oxygens (including phenoxy) is 1. The van der Waals surface area contributed by atoms with Crippen molar-refractivity contribution in [3.05, 3.63) is 44.7 Å². The molecule has 0 N–H and O–H groups in total. The minimum Gasteiger partial charge on any atom is -0.465 e. The quantitative estimate of drug-likeness (QED) is 0.276. The van der Waals surface area contributed by atoms with Crippen LogP contribution in [0.15, 0.2) is 40.5 Å². The van der Waals surface area contributed by atoms with Crippen LogP contribution in [0.3, 0.4) is 0 Å². The number of carbonyl (C=O) groups excluding carboxylic acids is 2. The summed E-state index contributed by atoms with van der Waals surface area (Å²) < 4.78 is 6.70. The van der Waals surface area contributed by atoms with Crippen molar-refractivity contribution in [1.29, 1.82) is 0 Å². The second kappa shape index (κ2) is 9.11. The number of halogens is 1. The first kappa shape index (κ1) is 22.2. The highest BCUT2D eigenvalue weighted by Crippen LogP contribution is 2.48. The van der Waals surface area contributed by atoms with E-state index in [1.54, 1.807) is 0 Å². The molecule has 29 heavy (non-hydrogen) atoms. The molecule has 3 rings (SSSR count). The summed E-state index contributed by atoms with van der Waals surface area (Å²) in [4.78, 5) is 31.1. The molecule has 0 radical (unpaired) electrons.